The molecule has 0 aliphatic carbocycles. The van der Waals surface area contributed by atoms with E-state index in [1.165, 1.54) is 9.47 Å². The van der Waals surface area contributed by atoms with E-state index in [4.69, 9.17) is 16.4 Å². The molecule has 1 saturated heterocycles. The Labute approximate surface area is 214 Å². The third-order valence-corrected chi connectivity index (χ3v) is 7.79. The molecule has 4 atom stereocenters. The molecule has 4 heterocycles. The van der Waals surface area contributed by atoms with E-state index < -0.39 is 69.5 Å². The Hall–Kier alpha value is -3.51. The summed E-state index contributed by atoms with van der Waals surface area (Å²) >= 11 is 5.58. The van der Waals surface area contributed by atoms with E-state index in [0.29, 0.717) is 18.6 Å². The predicted molar refractivity (Wildman–Crippen MR) is 127 cm³/mol. The van der Waals surface area contributed by atoms with Crippen LogP contribution in [0.5, 0.6) is 5.75 Å². The molecule has 3 aliphatic rings. The molecule has 0 saturated carbocycles. The fourth-order valence-electron chi connectivity index (χ4n) is 5.27. The van der Waals surface area contributed by atoms with Gasteiger partial charge in [-0.15, -0.1) is 0 Å². The Bertz CT molecular complexity index is 1430. The molecule has 10 nitrogen and oxygen atoms in total. The molecule has 3 aliphatic heterocycles. The number of hydrogen-bond acceptors (Lipinski definition) is 7. The molecule has 2 bridgehead atoms. The van der Waals surface area contributed by atoms with Gasteiger partial charge in [-0.05, 0) is 32.8 Å². The number of hydrogen-bond donors (Lipinski definition) is 3. The summed E-state index contributed by atoms with van der Waals surface area (Å²) in [6.07, 6.45) is 0.766. The van der Waals surface area contributed by atoms with Crippen LogP contribution >= 0.6 is 11.6 Å². The van der Waals surface area contributed by atoms with Gasteiger partial charge < -0.3 is 29.8 Å². The van der Waals surface area contributed by atoms with Crippen LogP contribution < -0.4 is 10.7 Å². The van der Waals surface area contributed by atoms with Crippen LogP contribution in [0.4, 0.5) is 8.78 Å². The molecular weight excluding hydrogens is 514 g/mol. The normalized spacial score (nSPS) is 26.4. The number of nitrogens with one attached hydrogen (secondary N) is 1. The Kier molecular flexibility index (Phi) is 5.99. The summed E-state index contributed by atoms with van der Waals surface area (Å²) in [4.78, 5) is 46.5. The number of amides is 2. The SMILES string of the molecule is CC1=NO[C@@]2(CC[C@H](C)N3C[C@H]2n2cc(C(=O)NCc4ccc(F)c(Cl)c4F)c(=O)c(O)c2C3=O)[C@H]1O. The zero-order chi connectivity index (χ0) is 26.8. The number of nitrogens with zero attached hydrogens (tertiary/aromatic N) is 3. The van der Waals surface area contributed by atoms with E-state index in [0.717, 1.165) is 18.3 Å². The highest BCUT2D eigenvalue weighted by atomic mass is 35.5. The van der Waals surface area contributed by atoms with Crippen LogP contribution in [0.1, 0.15) is 59.1 Å². The van der Waals surface area contributed by atoms with Crippen molar-refractivity contribution in [2.24, 2.45) is 5.16 Å². The molecule has 13 heteroatoms. The smallest absolute Gasteiger partial charge is 0.274 e. The molecule has 196 valence electrons. The molecule has 1 aromatic heterocycles. The highest BCUT2D eigenvalue weighted by Gasteiger charge is 2.58. The third-order valence-electron chi connectivity index (χ3n) is 7.45. The summed E-state index contributed by atoms with van der Waals surface area (Å²) in [5.74, 6) is -4.53. The van der Waals surface area contributed by atoms with Gasteiger partial charge in [-0.2, -0.15) is 0 Å². The number of aliphatic hydroxyl groups excluding tert-OH is 1. The molecular formula is C24H23ClF2N4O6. The van der Waals surface area contributed by atoms with E-state index in [1.807, 2.05) is 6.92 Å². The molecule has 3 N–H and O–H groups in total. The Morgan fingerprint density at radius 2 is 2.08 bits per heavy atom. The lowest BCUT2D eigenvalue weighted by Gasteiger charge is -2.43. The zero-order valence-corrected chi connectivity index (χ0v) is 20.6. The summed E-state index contributed by atoms with van der Waals surface area (Å²) in [5.41, 5.74) is -3.04. The summed E-state index contributed by atoms with van der Waals surface area (Å²) in [5, 5.41) is 27.4. The standard InChI is InChI=1S/C24H23ClF2N4O6/c1-10-5-6-24(21(34)11(2)29-37-24)15-9-30(10)23(36)18-20(33)19(32)13(8-31(15)18)22(35)28-7-12-3-4-14(26)16(25)17(12)27/h3-4,8,10,15,21,33-34H,5-7,9H2,1-2H3,(H,28,35)/t10-,15+,21-,24+/m0/s1. The molecule has 1 fully saturated rings. The number of aromatic nitrogens is 1. The Morgan fingerprint density at radius 1 is 1.35 bits per heavy atom. The minimum absolute atomic E-state index is 0.0789. The second kappa shape index (κ2) is 8.80. The summed E-state index contributed by atoms with van der Waals surface area (Å²) in [6.45, 7) is 3.06. The van der Waals surface area contributed by atoms with Gasteiger partial charge in [0.05, 0.1) is 11.8 Å². The number of oxime groups is 1. The van der Waals surface area contributed by atoms with E-state index >= 15 is 0 Å². The minimum Gasteiger partial charge on any atom is -0.503 e. The van der Waals surface area contributed by atoms with Crippen LogP contribution in [-0.4, -0.2) is 61.5 Å². The van der Waals surface area contributed by atoms with Crippen molar-refractivity contribution in [3.63, 3.8) is 0 Å². The monoisotopic (exact) mass is 536 g/mol. The van der Waals surface area contributed by atoms with Crippen LogP contribution in [-0.2, 0) is 11.4 Å². The molecule has 0 unspecified atom stereocenters. The fourth-order valence-corrected chi connectivity index (χ4v) is 5.45. The maximum atomic E-state index is 14.3. The van der Waals surface area contributed by atoms with Crippen molar-refractivity contribution < 1.29 is 33.4 Å². The first-order valence-electron chi connectivity index (χ1n) is 11.6. The summed E-state index contributed by atoms with van der Waals surface area (Å²) < 4.78 is 29.0. The lowest BCUT2D eigenvalue weighted by Crippen LogP contribution is -2.56. The Balaban J connectivity index is 1.56. The number of pyridine rings is 1. The minimum atomic E-state index is -1.30. The van der Waals surface area contributed by atoms with Crippen LogP contribution in [0.15, 0.2) is 28.3 Å². The van der Waals surface area contributed by atoms with E-state index in [9.17, 15) is 33.4 Å². The molecule has 0 radical (unpaired) electrons. The zero-order valence-electron chi connectivity index (χ0n) is 19.8. The summed E-state index contributed by atoms with van der Waals surface area (Å²) in [7, 11) is 0. The van der Waals surface area contributed by atoms with E-state index in [-0.39, 0.29) is 23.8 Å². The highest BCUT2D eigenvalue weighted by Crippen LogP contribution is 2.46. The first-order valence-corrected chi connectivity index (χ1v) is 12.0. The topological polar surface area (TPSA) is 133 Å². The number of fused-ring (bicyclic) bond motifs is 5. The van der Waals surface area contributed by atoms with Gasteiger partial charge >= 0.3 is 0 Å². The van der Waals surface area contributed by atoms with Crippen LogP contribution in [0, 0.1) is 11.6 Å². The number of rotatable bonds is 3. The van der Waals surface area contributed by atoms with Gasteiger partial charge in [-0.25, -0.2) is 8.78 Å². The largest absolute Gasteiger partial charge is 0.503 e. The van der Waals surface area contributed by atoms with E-state index in [2.05, 4.69) is 10.5 Å². The van der Waals surface area contributed by atoms with Gasteiger partial charge in [0.15, 0.2) is 17.0 Å². The van der Waals surface area contributed by atoms with Gasteiger partial charge in [0.2, 0.25) is 5.43 Å². The van der Waals surface area contributed by atoms with Crippen molar-refractivity contribution in [2.45, 2.75) is 57.0 Å². The average molecular weight is 537 g/mol. The number of halogens is 3. The number of benzene rings is 1. The molecule has 1 aromatic carbocycles. The van der Waals surface area contributed by atoms with E-state index in [1.54, 1.807) is 6.92 Å². The first kappa shape index (κ1) is 25.2. The van der Waals surface area contributed by atoms with Gasteiger partial charge in [-0.1, -0.05) is 22.8 Å². The predicted octanol–water partition coefficient (Wildman–Crippen LogP) is 2.10. The van der Waals surface area contributed by atoms with Crippen molar-refractivity contribution in [3.8, 4) is 5.75 Å². The third kappa shape index (κ3) is 3.69. The van der Waals surface area contributed by atoms with Crippen LogP contribution in [0.25, 0.3) is 0 Å². The summed E-state index contributed by atoms with van der Waals surface area (Å²) in [6, 6.07) is 0.953. The van der Waals surface area contributed by atoms with Gasteiger partial charge in [0.25, 0.3) is 11.8 Å². The lowest BCUT2D eigenvalue weighted by atomic mass is 9.82. The molecule has 2 aromatic rings. The van der Waals surface area contributed by atoms with Gasteiger partial charge in [-0.3, -0.25) is 14.4 Å². The van der Waals surface area contributed by atoms with Gasteiger partial charge in [0, 0.05) is 30.9 Å². The number of aromatic hydroxyl groups is 1. The van der Waals surface area contributed by atoms with Crippen molar-refractivity contribution >= 4 is 29.1 Å². The second-order valence-electron chi connectivity index (χ2n) is 9.54. The molecule has 37 heavy (non-hydrogen) atoms. The van der Waals surface area contributed by atoms with Crippen molar-refractivity contribution in [1.82, 2.24) is 14.8 Å². The first-order chi connectivity index (χ1) is 17.5. The quantitative estimate of drug-likeness (QED) is 0.515. The number of aliphatic hydroxyl groups is 1. The van der Waals surface area contributed by atoms with Crippen LogP contribution in [0.2, 0.25) is 5.02 Å². The molecule has 5 rings (SSSR count). The fraction of sp³-hybridized carbons (Fsp3) is 0.417. The lowest BCUT2D eigenvalue weighted by molar-refractivity contribution is -0.114. The number of carbonyl (C=O) groups is 2. The van der Waals surface area contributed by atoms with Crippen molar-refractivity contribution in [1.29, 1.82) is 0 Å². The Morgan fingerprint density at radius 3 is 2.76 bits per heavy atom. The number of carbonyl (C=O) groups excluding carboxylic acids is 2. The molecule has 1 spiro atoms. The highest BCUT2D eigenvalue weighted by molar-refractivity contribution is 6.30. The maximum absolute atomic E-state index is 14.3. The van der Waals surface area contributed by atoms with Crippen LogP contribution in [0.3, 0.4) is 0 Å². The van der Waals surface area contributed by atoms with Gasteiger partial charge in [0.1, 0.15) is 28.3 Å². The second-order valence-corrected chi connectivity index (χ2v) is 9.91. The average Bonchev–Trinajstić information content (AvgIpc) is 3.08. The van der Waals surface area contributed by atoms with Crippen molar-refractivity contribution in [2.75, 3.05) is 6.54 Å². The molecule has 2 amide bonds. The van der Waals surface area contributed by atoms with Crippen molar-refractivity contribution in [3.05, 3.63) is 62.0 Å². The maximum Gasteiger partial charge on any atom is 0.274 e.